The highest BCUT2D eigenvalue weighted by Crippen LogP contribution is 2.30. The van der Waals surface area contributed by atoms with Gasteiger partial charge in [0.05, 0.1) is 5.92 Å². The third-order valence-electron chi connectivity index (χ3n) is 2.99. The zero-order valence-electron chi connectivity index (χ0n) is 11.3. The molecule has 0 aromatic heterocycles. The SMILES string of the molecule is CC1CC=C(C(=O)OCCN)C(C(=O)OCCN)C1. The number of carbonyl (C=O) groups is 2. The Hall–Kier alpha value is -1.40. The van der Waals surface area contributed by atoms with E-state index in [0.717, 1.165) is 6.42 Å². The van der Waals surface area contributed by atoms with Gasteiger partial charge >= 0.3 is 11.9 Å². The van der Waals surface area contributed by atoms with Crippen LogP contribution in [0.5, 0.6) is 0 Å². The molecule has 1 aliphatic rings. The Labute approximate surface area is 113 Å². The van der Waals surface area contributed by atoms with Crippen molar-refractivity contribution < 1.29 is 19.1 Å². The van der Waals surface area contributed by atoms with Crippen LogP contribution in [0.2, 0.25) is 0 Å². The topological polar surface area (TPSA) is 105 Å². The van der Waals surface area contributed by atoms with Crippen molar-refractivity contribution >= 4 is 11.9 Å². The minimum absolute atomic E-state index is 0.149. The first-order valence-electron chi connectivity index (χ1n) is 6.54. The van der Waals surface area contributed by atoms with Gasteiger partial charge in [-0.05, 0) is 18.8 Å². The number of ether oxygens (including phenoxy) is 2. The molecule has 108 valence electrons. The Morgan fingerprint density at radius 1 is 1.26 bits per heavy atom. The fraction of sp³-hybridized carbons (Fsp3) is 0.692. The van der Waals surface area contributed by atoms with E-state index in [9.17, 15) is 9.59 Å². The van der Waals surface area contributed by atoms with Crippen LogP contribution in [-0.2, 0) is 19.1 Å². The molecule has 4 N–H and O–H groups in total. The van der Waals surface area contributed by atoms with Crippen LogP contribution in [0, 0.1) is 11.8 Å². The lowest BCUT2D eigenvalue weighted by Crippen LogP contribution is -2.31. The van der Waals surface area contributed by atoms with Crippen molar-refractivity contribution in [3.05, 3.63) is 11.6 Å². The van der Waals surface area contributed by atoms with Crippen LogP contribution in [0.3, 0.4) is 0 Å². The first kappa shape index (κ1) is 15.7. The van der Waals surface area contributed by atoms with Gasteiger partial charge in [-0.1, -0.05) is 13.0 Å². The summed E-state index contributed by atoms with van der Waals surface area (Å²) in [6, 6.07) is 0. The zero-order valence-corrected chi connectivity index (χ0v) is 11.3. The van der Waals surface area contributed by atoms with Gasteiger partial charge in [-0.15, -0.1) is 0 Å². The molecule has 0 fully saturated rings. The van der Waals surface area contributed by atoms with Gasteiger partial charge in [0, 0.05) is 18.7 Å². The van der Waals surface area contributed by atoms with Crippen molar-refractivity contribution in [3.8, 4) is 0 Å². The summed E-state index contributed by atoms with van der Waals surface area (Å²) in [5, 5.41) is 0. The van der Waals surface area contributed by atoms with E-state index in [2.05, 4.69) is 0 Å². The zero-order chi connectivity index (χ0) is 14.3. The smallest absolute Gasteiger partial charge is 0.334 e. The van der Waals surface area contributed by atoms with E-state index in [0.29, 0.717) is 17.9 Å². The molecule has 0 spiro atoms. The molecule has 0 bridgehead atoms. The van der Waals surface area contributed by atoms with Gasteiger partial charge in [0.1, 0.15) is 13.2 Å². The van der Waals surface area contributed by atoms with E-state index in [1.165, 1.54) is 0 Å². The molecule has 0 aliphatic heterocycles. The van der Waals surface area contributed by atoms with Gasteiger partial charge in [-0.25, -0.2) is 4.79 Å². The van der Waals surface area contributed by atoms with Gasteiger partial charge in [-0.2, -0.15) is 0 Å². The van der Waals surface area contributed by atoms with Crippen LogP contribution in [0.1, 0.15) is 19.8 Å². The Kier molecular flexibility index (Phi) is 6.52. The highest BCUT2D eigenvalue weighted by molar-refractivity contribution is 5.95. The number of hydrogen-bond acceptors (Lipinski definition) is 6. The highest BCUT2D eigenvalue weighted by atomic mass is 16.5. The molecule has 6 nitrogen and oxygen atoms in total. The molecule has 0 radical (unpaired) electrons. The summed E-state index contributed by atoms with van der Waals surface area (Å²) in [7, 11) is 0. The minimum Gasteiger partial charge on any atom is -0.464 e. The molecule has 2 atom stereocenters. The van der Waals surface area contributed by atoms with Crippen molar-refractivity contribution in [2.24, 2.45) is 23.3 Å². The third kappa shape index (κ3) is 4.65. The average Bonchev–Trinajstić information content (AvgIpc) is 2.41. The molecule has 0 amide bonds. The largest absolute Gasteiger partial charge is 0.464 e. The van der Waals surface area contributed by atoms with E-state index in [-0.39, 0.29) is 26.3 Å². The minimum atomic E-state index is -0.555. The van der Waals surface area contributed by atoms with Crippen LogP contribution in [0.4, 0.5) is 0 Å². The van der Waals surface area contributed by atoms with Crippen LogP contribution in [0.15, 0.2) is 11.6 Å². The molecule has 0 saturated heterocycles. The molecule has 2 unspecified atom stereocenters. The van der Waals surface area contributed by atoms with Gasteiger partial charge in [0.25, 0.3) is 0 Å². The fourth-order valence-corrected chi connectivity index (χ4v) is 2.04. The second-order valence-corrected chi connectivity index (χ2v) is 4.67. The molecule has 19 heavy (non-hydrogen) atoms. The van der Waals surface area contributed by atoms with Crippen molar-refractivity contribution in [3.63, 3.8) is 0 Å². The van der Waals surface area contributed by atoms with E-state index < -0.39 is 17.9 Å². The summed E-state index contributed by atoms with van der Waals surface area (Å²) in [5.74, 6) is -1.11. The first-order chi connectivity index (χ1) is 9.10. The van der Waals surface area contributed by atoms with E-state index in [1.54, 1.807) is 6.08 Å². The van der Waals surface area contributed by atoms with Crippen molar-refractivity contribution in [1.29, 1.82) is 0 Å². The van der Waals surface area contributed by atoms with Crippen LogP contribution >= 0.6 is 0 Å². The van der Waals surface area contributed by atoms with Crippen molar-refractivity contribution in [2.45, 2.75) is 19.8 Å². The van der Waals surface area contributed by atoms with Crippen LogP contribution in [-0.4, -0.2) is 38.2 Å². The lowest BCUT2D eigenvalue weighted by atomic mass is 9.82. The second-order valence-electron chi connectivity index (χ2n) is 4.67. The Bertz CT molecular complexity index is 355. The van der Waals surface area contributed by atoms with Crippen LogP contribution < -0.4 is 11.5 Å². The predicted octanol–water partition coefficient (Wildman–Crippen LogP) is -0.0373. The Balaban J connectivity index is 2.73. The third-order valence-corrected chi connectivity index (χ3v) is 2.99. The molecule has 0 aromatic rings. The lowest BCUT2D eigenvalue weighted by molar-refractivity contribution is -0.151. The van der Waals surface area contributed by atoms with E-state index >= 15 is 0 Å². The number of hydrogen-bond donors (Lipinski definition) is 2. The molecule has 1 rings (SSSR count). The highest BCUT2D eigenvalue weighted by Gasteiger charge is 2.33. The van der Waals surface area contributed by atoms with Gasteiger partial charge in [-0.3, -0.25) is 4.79 Å². The molecule has 0 aromatic carbocycles. The van der Waals surface area contributed by atoms with Crippen molar-refractivity contribution in [2.75, 3.05) is 26.3 Å². The maximum atomic E-state index is 11.9. The summed E-state index contributed by atoms with van der Waals surface area (Å²) >= 11 is 0. The van der Waals surface area contributed by atoms with Crippen LogP contribution in [0.25, 0.3) is 0 Å². The number of nitrogens with two attached hydrogens (primary N) is 2. The van der Waals surface area contributed by atoms with Gasteiger partial charge in [0.2, 0.25) is 0 Å². The predicted molar refractivity (Wildman–Crippen MR) is 70.0 cm³/mol. The lowest BCUT2D eigenvalue weighted by Gasteiger charge is -2.25. The van der Waals surface area contributed by atoms with E-state index in [1.807, 2.05) is 6.92 Å². The standard InChI is InChI=1S/C13H22N2O4/c1-9-2-3-10(12(16)18-6-4-14)11(8-9)13(17)19-7-5-15/h3,9,11H,2,4-8,14-15H2,1H3. The summed E-state index contributed by atoms with van der Waals surface area (Å²) in [4.78, 5) is 23.8. The number of carbonyl (C=O) groups excluding carboxylic acids is 2. The Morgan fingerprint density at radius 3 is 2.53 bits per heavy atom. The number of esters is 2. The van der Waals surface area contributed by atoms with Gasteiger partial charge < -0.3 is 20.9 Å². The summed E-state index contributed by atoms with van der Waals surface area (Å²) in [5.41, 5.74) is 11.0. The molecule has 6 heteroatoms. The first-order valence-corrected chi connectivity index (χ1v) is 6.54. The second kappa shape index (κ2) is 7.91. The monoisotopic (exact) mass is 270 g/mol. The average molecular weight is 270 g/mol. The maximum Gasteiger partial charge on any atom is 0.334 e. The summed E-state index contributed by atoms with van der Waals surface area (Å²) < 4.78 is 10.0. The van der Waals surface area contributed by atoms with E-state index in [4.69, 9.17) is 20.9 Å². The molecule has 1 aliphatic carbocycles. The number of allylic oxidation sites excluding steroid dienone is 1. The molecular formula is C13H22N2O4. The molecule has 0 heterocycles. The Morgan fingerprint density at radius 2 is 1.89 bits per heavy atom. The summed E-state index contributed by atoms with van der Waals surface area (Å²) in [6.07, 6.45) is 3.11. The molecular weight excluding hydrogens is 248 g/mol. The molecule has 0 saturated carbocycles. The summed E-state index contributed by atoms with van der Waals surface area (Å²) in [6.45, 7) is 2.87. The quantitative estimate of drug-likeness (QED) is 0.656. The maximum absolute atomic E-state index is 11.9. The normalized spacial score (nSPS) is 22.6. The van der Waals surface area contributed by atoms with Crippen molar-refractivity contribution in [1.82, 2.24) is 0 Å². The van der Waals surface area contributed by atoms with Gasteiger partial charge in [0.15, 0.2) is 0 Å². The fourth-order valence-electron chi connectivity index (χ4n) is 2.04. The number of rotatable bonds is 6.